The lowest BCUT2D eigenvalue weighted by molar-refractivity contribution is -0.116. The molecule has 0 aliphatic rings. The zero-order valence-corrected chi connectivity index (χ0v) is 20.6. The van der Waals surface area contributed by atoms with Crippen molar-refractivity contribution in [3.8, 4) is 28.1 Å². The number of nitrogens with zero attached hydrogens (tertiary/aromatic N) is 3. The number of nitrogens with one attached hydrogen (secondary N) is 1. The largest absolute Gasteiger partial charge is 0.496 e. The second kappa shape index (κ2) is 10.5. The SMILES string of the molecule is COc1ccccc1CC(=O)CNc1nc(-c2ccncc2)c(-c2ccc3ccccc3c2)c(=O)n1C. The number of pyridine rings is 1. The summed E-state index contributed by atoms with van der Waals surface area (Å²) in [5.74, 6) is 0.929. The number of ether oxygens (including phenoxy) is 1. The number of carbonyl (C=O) groups excluding carboxylic acids is 1. The minimum Gasteiger partial charge on any atom is -0.496 e. The molecule has 0 saturated carbocycles. The zero-order valence-electron chi connectivity index (χ0n) is 20.6. The Morgan fingerprint density at radius 1 is 0.919 bits per heavy atom. The number of para-hydroxylation sites is 1. The molecule has 7 heteroatoms. The van der Waals surface area contributed by atoms with Gasteiger partial charge in [-0.1, -0.05) is 54.6 Å². The number of carbonyl (C=O) groups is 1. The van der Waals surface area contributed by atoms with E-state index in [-0.39, 0.29) is 24.3 Å². The van der Waals surface area contributed by atoms with Crippen molar-refractivity contribution in [2.45, 2.75) is 6.42 Å². The Bertz CT molecular complexity index is 1640. The molecule has 2 heterocycles. The second-order valence-electron chi connectivity index (χ2n) is 8.70. The van der Waals surface area contributed by atoms with E-state index in [9.17, 15) is 9.59 Å². The first kappa shape index (κ1) is 23.9. The van der Waals surface area contributed by atoms with Crippen LogP contribution in [0.3, 0.4) is 0 Å². The number of hydrogen-bond acceptors (Lipinski definition) is 6. The highest BCUT2D eigenvalue weighted by atomic mass is 16.5. The average Bonchev–Trinajstić information content (AvgIpc) is 2.94. The van der Waals surface area contributed by atoms with Gasteiger partial charge >= 0.3 is 0 Å². The van der Waals surface area contributed by atoms with Gasteiger partial charge in [-0.2, -0.15) is 0 Å². The van der Waals surface area contributed by atoms with Crippen LogP contribution in [0.4, 0.5) is 5.95 Å². The van der Waals surface area contributed by atoms with Gasteiger partial charge in [-0.25, -0.2) is 4.98 Å². The number of aromatic nitrogens is 3. The average molecular weight is 491 g/mol. The third-order valence-electron chi connectivity index (χ3n) is 6.31. The summed E-state index contributed by atoms with van der Waals surface area (Å²) in [7, 11) is 3.24. The number of rotatable bonds is 8. The van der Waals surface area contributed by atoms with Gasteiger partial charge in [-0.15, -0.1) is 0 Å². The van der Waals surface area contributed by atoms with Gasteiger partial charge in [-0.3, -0.25) is 19.1 Å². The Labute approximate surface area is 214 Å². The molecule has 184 valence electrons. The first-order chi connectivity index (χ1) is 18.0. The summed E-state index contributed by atoms with van der Waals surface area (Å²) < 4.78 is 6.81. The van der Waals surface area contributed by atoms with Crippen molar-refractivity contribution in [1.29, 1.82) is 0 Å². The van der Waals surface area contributed by atoms with E-state index in [4.69, 9.17) is 9.72 Å². The lowest BCUT2D eigenvalue weighted by atomic mass is 9.98. The third kappa shape index (κ3) is 4.97. The van der Waals surface area contributed by atoms with E-state index >= 15 is 0 Å². The summed E-state index contributed by atoms with van der Waals surface area (Å²) in [6, 6.07) is 25.0. The number of anilines is 1. The summed E-state index contributed by atoms with van der Waals surface area (Å²) in [5, 5.41) is 5.20. The molecule has 0 saturated heterocycles. The van der Waals surface area contributed by atoms with Crippen molar-refractivity contribution >= 4 is 22.5 Å². The number of fused-ring (bicyclic) bond motifs is 1. The van der Waals surface area contributed by atoms with Crippen LogP contribution in [-0.4, -0.2) is 34.0 Å². The maximum atomic E-state index is 13.7. The Morgan fingerprint density at radius 3 is 2.43 bits per heavy atom. The van der Waals surface area contributed by atoms with Crippen LogP contribution in [0.1, 0.15) is 5.56 Å². The van der Waals surface area contributed by atoms with Gasteiger partial charge in [0.2, 0.25) is 5.95 Å². The van der Waals surface area contributed by atoms with Gasteiger partial charge in [0.15, 0.2) is 5.78 Å². The lowest BCUT2D eigenvalue weighted by Gasteiger charge is -2.16. The fourth-order valence-electron chi connectivity index (χ4n) is 4.39. The maximum absolute atomic E-state index is 13.7. The first-order valence-electron chi connectivity index (χ1n) is 11.9. The Kier molecular flexibility index (Phi) is 6.76. The molecule has 0 fully saturated rings. The van der Waals surface area contributed by atoms with Crippen molar-refractivity contribution in [3.05, 3.63) is 107 Å². The van der Waals surface area contributed by atoms with Crippen LogP contribution in [0.25, 0.3) is 33.2 Å². The second-order valence-corrected chi connectivity index (χ2v) is 8.70. The van der Waals surface area contributed by atoms with E-state index in [0.717, 1.165) is 27.5 Å². The van der Waals surface area contributed by atoms with Crippen LogP contribution in [0.2, 0.25) is 0 Å². The number of benzene rings is 3. The highest BCUT2D eigenvalue weighted by Gasteiger charge is 2.19. The Balaban J connectivity index is 1.51. The number of methoxy groups -OCH3 is 1. The molecule has 5 rings (SSSR count). The van der Waals surface area contributed by atoms with Crippen LogP contribution >= 0.6 is 0 Å². The number of ketones is 1. The highest BCUT2D eigenvalue weighted by molar-refractivity contribution is 5.90. The normalized spacial score (nSPS) is 10.9. The van der Waals surface area contributed by atoms with Gasteiger partial charge in [0.1, 0.15) is 5.75 Å². The minimum absolute atomic E-state index is 0.0173. The Hall–Kier alpha value is -4.78. The molecular weight excluding hydrogens is 464 g/mol. The van der Waals surface area contributed by atoms with E-state index in [0.29, 0.717) is 23.0 Å². The first-order valence-corrected chi connectivity index (χ1v) is 11.9. The molecule has 0 radical (unpaired) electrons. The van der Waals surface area contributed by atoms with Crippen molar-refractivity contribution < 1.29 is 9.53 Å². The van der Waals surface area contributed by atoms with Gasteiger partial charge < -0.3 is 10.1 Å². The number of hydrogen-bond donors (Lipinski definition) is 1. The molecule has 0 spiro atoms. The quantitative estimate of drug-likeness (QED) is 0.333. The van der Waals surface area contributed by atoms with E-state index in [1.165, 1.54) is 4.57 Å². The van der Waals surface area contributed by atoms with Crippen LogP contribution in [-0.2, 0) is 18.3 Å². The summed E-state index contributed by atoms with van der Waals surface area (Å²) in [5.41, 5.74) is 3.15. The third-order valence-corrected chi connectivity index (χ3v) is 6.31. The smallest absolute Gasteiger partial charge is 0.263 e. The predicted molar refractivity (Wildman–Crippen MR) is 146 cm³/mol. The van der Waals surface area contributed by atoms with Crippen LogP contribution in [0.15, 0.2) is 96.1 Å². The standard InChI is InChI=1S/C30H26N4O3/c1-34-29(36)27(24-12-11-20-7-3-4-8-22(20)17-24)28(21-13-15-31-16-14-21)33-30(34)32-19-25(35)18-23-9-5-6-10-26(23)37-2/h3-17H,18-19H2,1-2H3,(H,32,33). The molecule has 0 atom stereocenters. The summed E-state index contributed by atoms with van der Waals surface area (Å²) >= 11 is 0. The topological polar surface area (TPSA) is 86.1 Å². The van der Waals surface area contributed by atoms with E-state index in [1.807, 2.05) is 78.9 Å². The molecule has 0 amide bonds. The zero-order chi connectivity index (χ0) is 25.8. The van der Waals surface area contributed by atoms with Crippen molar-refractivity contribution in [2.75, 3.05) is 19.0 Å². The molecule has 37 heavy (non-hydrogen) atoms. The fourth-order valence-corrected chi connectivity index (χ4v) is 4.39. The van der Waals surface area contributed by atoms with Crippen LogP contribution in [0.5, 0.6) is 5.75 Å². The lowest BCUT2D eigenvalue weighted by Crippen LogP contribution is -2.27. The molecule has 0 aliphatic heterocycles. The Morgan fingerprint density at radius 2 is 1.65 bits per heavy atom. The van der Waals surface area contributed by atoms with E-state index in [2.05, 4.69) is 10.3 Å². The molecule has 2 aromatic heterocycles. The van der Waals surface area contributed by atoms with Crippen LogP contribution in [0, 0.1) is 0 Å². The molecule has 0 bridgehead atoms. The van der Waals surface area contributed by atoms with Crippen molar-refractivity contribution in [2.24, 2.45) is 7.05 Å². The molecular formula is C30H26N4O3. The fraction of sp³-hybridized carbons (Fsp3) is 0.133. The minimum atomic E-state index is -0.211. The van der Waals surface area contributed by atoms with Crippen molar-refractivity contribution in [3.63, 3.8) is 0 Å². The molecule has 7 nitrogen and oxygen atoms in total. The molecule has 5 aromatic rings. The highest BCUT2D eigenvalue weighted by Crippen LogP contribution is 2.30. The van der Waals surface area contributed by atoms with Gasteiger partial charge in [0.05, 0.1) is 24.9 Å². The maximum Gasteiger partial charge on any atom is 0.263 e. The van der Waals surface area contributed by atoms with E-state index in [1.54, 1.807) is 26.6 Å². The molecule has 1 N–H and O–H groups in total. The number of Topliss-reactive ketones (excluding diaryl/α,β-unsaturated/α-hetero) is 1. The molecule has 0 aliphatic carbocycles. The van der Waals surface area contributed by atoms with Gasteiger partial charge in [0, 0.05) is 37.0 Å². The summed E-state index contributed by atoms with van der Waals surface area (Å²) in [6.07, 6.45) is 3.54. The monoisotopic (exact) mass is 490 g/mol. The van der Waals surface area contributed by atoms with Gasteiger partial charge in [-0.05, 0) is 40.6 Å². The van der Waals surface area contributed by atoms with Crippen LogP contribution < -0.4 is 15.6 Å². The summed E-state index contributed by atoms with van der Waals surface area (Å²) in [4.78, 5) is 35.4. The molecule has 0 unspecified atom stereocenters. The van der Waals surface area contributed by atoms with Gasteiger partial charge in [0.25, 0.3) is 5.56 Å². The molecule has 3 aromatic carbocycles. The predicted octanol–water partition coefficient (Wildman–Crippen LogP) is 4.89. The van der Waals surface area contributed by atoms with Crippen molar-refractivity contribution in [1.82, 2.24) is 14.5 Å². The van der Waals surface area contributed by atoms with E-state index < -0.39 is 0 Å². The summed E-state index contributed by atoms with van der Waals surface area (Å²) in [6.45, 7) is 0.0173.